The van der Waals surface area contributed by atoms with Crippen LogP contribution in [-0.4, -0.2) is 6.18 Å². The van der Waals surface area contributed by atoms with Gasteiger partial charge < -0.3 is 9.47 Å². The van der Waals surface area contributed by atoms with E-state index < -0.39 is 41.3 Å². The number of para-hydroxylation sites is 2. The molecular weight excluding hydrogens is 376 g/mol. The molecule has 0 heterocycles. The van der Waals surface area contributed by atoms with Crippen LogP contribution in [0.1, 0.15) is 5.56 Å². The summed E-state index contributed by atoms with van der Waals surface area (Å²) in [5.74, 6) is -4.51. The van der Waals surface area contributed by atoms with Crippen LogP contribution in [0.2, 0.25) is 0 Å². The minimum Gasteiger partial charge on any atom is -0.453 e. The summed E-state index contributed by atoms with van der Waals surface area (Å²) >= 11 is 0. The fraction of sp³-hybridized carbons (Fsp3) is 0.125. The highest BCUT2D eigenvalue weighted by Gasteiger charge is 2.39. The minimum atomic E-state index is -5.60. The van der Waals surface area contributed by atoms with Gasteiger partial charge in [0.2, 0.25) is 0 Å². The molecule has 0 spiro atoms. The molecule has 2 aromatic carbocycles. The maximum absolute atomic E-state index is 13.3. The third-order valence-electron chi connectivity index (χ3n) is 2.86. The smallest absolute Gasteiger partial charge is 0.449 e. The van der Waals surface area contributed by atoms with E-state index in [1.165, 1.54) is 12.1 Å². The number of rotatable bonds is 4. The number of hydrogen-bond donors (Lipinski definition) is 0. The van der Waals surface area contributed by atoms with E-state index in [4.69, 9.17) is 4.74 Å². The van der Waals surface area contributed by atoms with E-state index in [0.717, 1.165) is 30.3 Å². The molecule has 2 aromatic rings. The van der Waals surface area contributed by atoms with Gasteiger partial charge in [-0.3, -0.25) is 0 Å². The summed E-state index contributed by atoms with van der Waals surface area (Å²) in [5.41, 5.74) is -1.04. The van der Waals surface area contributed by atoms with Crippen molar-refractivity contribution in [2.24, 2.45) is 0 Å². The first-order valence-electron chi connectivity index (χ1n) is 6.73. The highest BCUT2D eigenvalue weighted by Crippen LogP contribution is 2.37. The van der Waals surface area contributed by atoms with Crippen molar-refractivity contribution < 1.29 is 44.6 Å². The van der Waals surface area contributed by atoms with Crippen LogP contribution in [0.3, 0.4) is 0 Å². The first kappa shape index (κ1) is 19.5. The van der Waals surface area contributed by atoms with E-state index in [0.29, 0.717) is 6.07 Å². The van der Waals surface area contributed by atoms with Crippen molar-refractivity contribution in [1.29, 1.82) is 0 Å². The van der Waals surface area contributed by atoms with Crippen LogP contribution in [0.25, 0.3) is 0 Å². The zero-order valence-corrected chi connectivity index (χ0v) is 12.5. The van der Waals surface area contributed by atoms with Gasteiger partial charge in [0.15, 0.2) is 11.5 Å². The molecule has 0 unspecified atom stereocenters. The molecule has 0 saturated heterocycles. The van der Waals surface area contributed by atoms with E-state index in [1.807, 2.05) is 0 Å². The van der Waals surface area contributed by atoms with Crippen molar-refractivity contribution in [3.05, 3.63) is 65.9 Å². The molecule has 26 heavy (non-hydrogen) atoms. The van der Waals surface area contributed by atoms with Crippen molar-refractivity contribution in [1.82, 2.24) is 0 Å². The molecule has 2 nitrogen and oxygen atoms in total. The van der Waals surface area contributed by atoms with E-state index in [9.17, 15) is 35.1 Å². The summed E-state index contributed by atoms with van der Waals surface area (Å²) in [6.07, 6.45) is -10.2. The molecule has 0 bridgehead atoms. The van der Waals surface area contributed by atoms with Crippen LogP contribution in [0, 0.1) is 0 Å². The van der Waals surface area contributed by atoms with Gasteiger partial charge in [-0.25, -0.2) is 0 Å². The highest BCUT2D eigenvalue weighted by atomic mass is 19.4. The first-order chi connectivity index (χ1) is 12.0. The highest BCUT2D eigenvalue weighted by molar-refractivity contribution is 5.44. The Kier molecular flexibility index (Phi) is 5.43. The van der Waals surface area contributed by atoms with Crippen LogP contribution in [0.15, 0.2) is 60.4 Å². The summed E-state index contributed by atoms with van der Waals surface area (Å²) in [4.78, 5) is 0. The van der Waals surface area contributed by atoms with Gasteiger partial charge in [-0.1, -0.05) is 18.2 Å². The molecule has 0 amide bonds. The Labute approximate surface area is 141 Å². The molecule has 0 radical (unpaired) electrons. The van der Waals surface area contributed by atoms with Crippen molar-refractivity contribution in [2.45, 2.75) is 12.4 Å². The number of hydrogen-bond acceptors (Lipinski definition) is 2. The Morgan fingerprint density at radius 3 is 1.96 bits per heavy atom. The predicted octanol–water partition coefficient (Wildman–Crippen LogP) is 6.55. The number of alkyl halides is 6. The summed E-state index contributed by atoms with van der Waals surface area (Å²) in [6, 6.07) is 5.57. The number of benzene rings is 2. The van der Waals surface area contributed by atoms with Crippen molar-refractivity contribution in [3.63, 3.8) is 0 Å². The Morgan fingerprint density at radius 1 is 0.769 bits per heavy atom. The van der Waals surface area contributed by atoms with Crippen LogP contribution in [0.5, 0.6) is 17.2 Å². The lowest BCUT2D eigenvalue weighted by atomic mass is 10.2. The fourth-order valence-corrected chi connectivity index (χ4v) is 1.73. The quantitative estimate of drug-likeness (QED) is 0.440. The van der Waals surface area contributed by atoms with Gasteiger partial charge in [0, 0.05) is 0 Å². The Balaban J connectivity index is 2.31. The molecule has 140 valence electrons. The number of ether oxygens (including phenoxy) is 2. The van der Waals surface area contributed by atoms with E-state index in [-0.39, 0.29) is 5.75 Å². The number of halogens is 8. The lowest BCUT2D eigenvalue weighted by Crippen LogP contribution is -2.11. The third-order valence-corrected chi connectivity index (χ3v) is 2.86. The lowest BCUT2D eigenvalue weighted by Gasteiger charge is -2.13. The zero-order valence-electron chi connectivity index (χ0n) is 12.5. The fourth-order valence-electron chi connectivity index (χ4n) is 1.73. The second-order valence-electron chi connectivity index (χ2n) is 4.76. The molecule has 0 aliphatic heterocycles. The van der Waals surface area contributed by atoms with E-state index >= 15 is 0 Å². The molecule has 0 atom stereocenters. The molecule has 0 saturated carbocycles. The van der Waals surface area contributed by atoms with Gasteiger partial charge in [0.25, 0.3) is 5.83 Å². The van der Waals surface area contributed by atoms with Gasteiger partial charge in [0.05, 0.1) is 5.56 Å². The predicted molar refractivity (Wildman–Crippen MR) is 73.9 cm³/mol. The van der Waals surface area contributed by atoms with Gasteiger partial charge in [-0.05, 0) is 30.3 Å². The average Bonchev–Trinajstić information content (AvgIpc) is 2.54. The second kappa shape index (κ2) is 7.22. The maximum Gasteiger partial charge on any atom is 0.449 e. The molecule has 0 aliphatic carbocycles. The van der Waals surface area contributed by atoms with Crippen LogP contribution >= 0.6 is 0 Å². The first-order valence-corrected chi connectivity index (χ1v) is 6.73. The maximum atomic E-state index is 13.3. The molecule has 10 heteroatoms. The Bertz CT molecular complexity index is 808. The molecule has 0 N–H and O–H groups in total. The summed E-state index contributed by atoms with van der Waals surface area (Å²) in [7, 11) is 0. The topological polar surface area (TPSA) is 18.5 Å². The van der Waals surface area contributed by atoms with Crippen LogP contribution < -0.4 is 9.47 Å². The zero-order chi connectivity index (χ0) is 19.5. The largest absolute Gasteiger partial charge is 0.453 e. The molecule has 0 aromatic heterocycles. The number of allylic oxidation sites excluding steroid dienone is 1. The van der Waals surface area contributed by atoms with Crippen LogP contribution in [-0.2, 0) is 6.18 Å². The normalized spacial score (nSPS) is 13.2. The average molecular weight is 384 g/mol. The molecule has 0 aliphatic rings. The van der Waals surface area contributed by atoms with Crippen molar-refractivity contribution in [3.8, 4) is 17.2 Å². The van der Waals surface area contributed by atoms with Gasteiger partial charge in [-0.2, -0.15) is 35.1 Å². The SMILES string of the molecule is FC(Oc1ccccc1Oc1cccc(C(F)(F)F)c1)=C(F)C(F)(F)F. The minimum absolute atomic E-state index is 0.337. The summed E-state index contributed by atoms with van der Waals surface area (Å²) < 4.78 is 110. The van der Waals surface area contributed by atoms with Crippen molar-refractivity contribution in [2.75, 3.05) is 0 Å². The molecule has 0 fully saturated rings. The van der Waals surface area contributed by atoms with Gasteiger partial charge >= 0.3 is 18.4 Å². The van der Waals surface area contributed by atoms with E-state index in [2.05, 4.69) is 4.74 Å². The standard InChI is InChI=1S/C16H8F8O2/c17-13(16(22,23)24)14(18)26-12-7-2-1-6-11(12)25-10-5-3-4-9(8-10)15(19,20)21/h1-8H. The second-order valence-corrected chi connectivity index (χ2v) is 4.76. The third kappa shape index (κ3) is 4.87. The van der Waals surface area contributed by atoms with Gasteiger partial charge in [0.1, 0.15) is 5.75 Å². The molecule has 2 rings (SSSR count). The van der Waals surface area contributed by atoms with Gasteiger partial charge in [-0.15, -0.1) is 0 Å². The summed E-state index contributed by atoms with van der Waals surface area (Å²) in [6.45, 7) is 0. The van der Waals surface area contributed by atoms with Crippen LogP contribution in [0.4, 0.5) is 35.1 Å². The monoisotopic (exact) mass is 384 g/mol. The Hall–Kier alpha value is -2.78. The van der Waals surface area contributed by atoms with E-state index in [1.54, 1.807) is 0 Å². The molecular formula is C16H8F8O2. The van der Waals surface area contributed by atoms with Crippen molar-refractivity contribution >= 4 is 0 Å². The lowest BCUT2D eigenvalue weighted by molar-refractivity contribution is -0.137. The summed E-state index contributed by atoms with van der Waals surface area (Å²) in [5, 5.41) is 0. The Morgan fingerprint density at radius 2 is 1.38 bits per heavy atom.